The van der Waals surface area contributed by atoms with Crippen molar-refractivity contribution in [2.75, 3.05) is 20.6 Å². The van der Waals surface area contributed by atoms with E-state index in [1.165, 1.54) is 0 Å². The molecule has 1 saturated carbocycles. The van der Waals surface area contributed by atoms with Crippen molar-refractivity contribution in [3.8, 4) is 0 Å². The zero-order valence-corrected chi connectivity index (χ0v) is 15.8. The summed E-state index contributed by atoms with van der Waals surface area (Å²) in [5, 5.41) is 0. The van der Waals surface area contributed by atoms with Crippen molar-refractivity contribution in [3.63, 3.8) is 0 Å². The molecule has 2 aromatic rings. The number of likely N-dealkylation sites (N-methyl/N-ethyl adjacent to an activating group) is 1. The molecule has 1 aliphatic rings. The average Bonchev–Trinajstić information content (AvgIpc) is 2.60. The summed E-state index contributed by atoms with van der Waals surface area (Å²) < 4.78 is 0. The Balaban J connectivity index is 0.00000225. The summed E-state index contributed by atoms with van der Waals surface area (Å²) in [6, 6.07) is 20.5. The standard InChI is InChI=1S/C22H25NO.ClH/c1-23(2)17-22(20-13-7-4-8-14-20)15-9-12-19(21(22)24)16-18-10-5-3-6-11-18;/h3-8,10-11,13-14,16H,9,12,15,17H2,1-2H3;1H. The second-order valence-electron chi connectivity index (χ2n) is 6.95. The van der Waals surface area contributed by atoms with Crippen LogP contribution in [0.15, 0.2) is 66.2 Å². The highest BCUT2D eigenvalue weighted by Gasteiger charge is 2.43. The highest BCUT2D eigenvalue weighted by molar-refractivity contribution is 6.07. The van der Waals surface area contributed by atoms with Gasteiger partial charge in [0.1, 0.15) is 0 Å². The first-order valence-electron chi connectivity index (χ1n) is 8.62. The molecule has 0 aliphatic heterocycles. The van der Waals surface area contributed by atoms with Gasteiger partial charge in [0.15, 0.2) is 5.78 Å². The van der Waals surface area contributed by atoms with E-state index in [9.17, 15) is 4.79 Å². The van der Waals surface area contributed by atoms with Gasteiger partial charge in [-0.25, -0.2) is 0 Å². The molecule has 132 valence electrons. The topological polar surface area (TPSA) is 20.3 Å². The first-order valence-corrected chi connectivity index (χ1v) is 8.62. The van der Waals surface area contributed by atoms with E-state index in [2.05, 4.69) is 35.2 Å². The number of nitrogens with zero attached hydrogens (tertiary/aromatic N) is 1. The number of hydrogen-bond donors (Lipinski definition) is 0. The van der Waals surface area contributed by atoms with Gasteiger partial charge >= 0.3 is 0 Å². The first-order chi connectivity index (χ1) is 11.6. The maximum absolute atomic E-state index is 13.5. The van der Waals surface area contributed by atoms with Gasteiger partial charge in [0.05, 0.1) is 5.41 Å². The van der Waals surface area contributed by atoms with Crippen molar-refractivity contribution >= 4 is 24.3 Å². The summed E-state index contributed by atoms with van der Waals surface area (Å²) in [6.07, 6.45) is 4.91. The van der Waals surface area contributed by atoms with Crippen LogP contribution in [0.2, 0.25) is 0 Å². The van der Waals surface area contributed by atoms with Crippen LogP contribution in [0.1, 0.15) is 30.4 Å². The van der Waals surface area contributed by atoms with Crippen LogP contribution in [0, 0.1) is 0 Å². The highest BCUT2D eigenvalue weighted by atomic mass is 35.5. The molecule has 0 N–H and O–H groups in total. The lowest BCUT2D eigenvalue weighted by molar-refractivity contribution is -0.123. The lowest BCUT2D eigenvalue weighted by Crippen LogP contribution is -2.47. The van der Waals surface area contributed by atoms with Gasteiger partial charge in [0.25, 0.3) is 0 Å². The Morgan fingerprint density at radius 2 is 1.60 bits per heavy atom. The van der Waals surface area contributed by atoms with Crippen LogP contribution in [0.4, 0.5) is 0 Å². The Morgan fingerprint density at radius 3 is 2.20 bits per heavy atom. The van der Waals surface area contributed by atoms with Crippen molar-refractivity contribution < 1.29 is 4.79 Å². The van der Waals surface area contributed by atoms with Gasteiger partial charge < -0.3 is 4.90 Å². The van der Waals surface area contributed by atoms with Crippen molar-refractivity contribution in [1.82, 2.24) is 4.90 Å². The fraction of sp³-hybridized carbons (Fsp3) is 0.318. The molecule has 1 aliphatic carbocycles. The lowest BCUT2D eigenvalue weighted by atomic mass is 9.66. The van der Waals surface area contributed by atoms with Crippen LogP contribution in [0.3, 0.4) is 0 Å². The molecule has 0 bridgehead atoms. The van der Waals surface area contributed by atoms with E-state index in [-0.39, 0.29) is 18.2 Å². The second kappa shape index (κ2) is 8.46. The van der Waals surface area contributed by atoms with E-state index < -0.39 is 5.41 Å². The quantitative estimate of drug-likeness (QED) is 0.738. The van der Waals surface area contributed by atoms with E-state index in [1.807, 2.05) is 50.5 Å². The van der Waals surface area contributed by atoms with E-state index in [4.69, 9.17) is 0 Å². The van der Waals surface area contributed by atoms with Crippen molar-refractivity contribution in [2.24, 2.45) is 0 Å². The van der Waals surface area contributed by atoms with Crippen LogP contribution in [-0.4, -0.2) is 31.3 Å². The van der Waals surface area contributed by atoms with Gasteiger partial charge in [0.2, 0.25) is 0 Å². The molecule has 2 aromatic carbocycles. The van der Waals surface area contributed by atoms with Gasteiger partial charge in [-0.15, -0.1) is 12.4 Å². The van der Waals surface area contributed by atoms with Crippen molar-refractivity contribution in [1.29, 1.82) is 0 Å². The number of ketones is 1. The van der Waals surface area contributed by atoms with Crippen LogP contribution >= 0.6 is 12.4 Å². The van der Waals surface area contributed by atoms with Gasteiger partial charge in [-0.05, 0) is 56.1 Å². The minimum absolute atomic E-state index is 0. The van der Waals surface area contributed by atoms with Crippen LogP contribution in [-0.2, 0) is 10.2 Å². The molecule has 1 atom stereocenters. The molecule has 25 heavy (non-hydrogen) atoms. The summed E-state index contributed by atoms with van der Waals surface area (Å²) in [7, 11) is 4.10. The zero-order chi connectivity index (χ0) is 17.0. The first kappa shape index (κ1) is 19.4. The SMILES string of the molecule is CN(C)CC1(c2ccccc2)CCCC(=Cc2ccccc2)C1=O.Cl. The van der Waals surface area contributed by atoms with Crippen molar-refractivity contribution in [3.05, 3.63) is 77.4 Å². The van der Waals surface area contributed by atoms with Crippen LogP contribution < -0.4 is 0 Å². The number of halogens is 1. The van der Waals surface area contributed by atoms with Gasteiger partial charge in [0, 0.05) is 6.54 Å². The van der Waals surface area contributed by atoms with Crippen LogP contribution in [0.5, 0.6) is 0 Å². The number of hydrogen-bond acceptors (Lipinski definition) is 2. The number of carbonyl (C=O) groups excluding carboxylic acids is 1. The Bertz CT molecular complexity index is 724. The molecular formula is C22H26ClNO. The smallest absolute Gasteiger partial charge is 0.170 e. The number of allylic oxidation sites excluding steroid dienone is 1. The third-order valence-corrected chi connectivity index (χ3v) is 4.83. The molecule has 0 radical (unpaired) electrons. The van der Waals surface area contributed by atoms with E-state index >= 15 is 0 Å². The Morgan fingerprint density at radius 1 is 1.00 bits per heavy atom. The molecule has 0 heterocycles. The Hall–Kier alpha value is -1.90. The summed E-state index contributed by atoms with van der Waals surface area (Å²) in [4.78, 5) is 15.6. The van der Waals surface area contributed by atoms with E-state index in [0.29, 0.717) is 0 Å². The fourth-order valence-electron chi connectivity index (χ4n) is 3.82. The molecular weight excluding hydrogens is 330 g/mol. The molecule has 1 fully saturated rings. The molecule has 0 saturated heterocycles. The predicted octanol–water partition coefficient (Wildman–Crippen LogP) is 4.74. The molecule has 3 rings (SSSR count). The van der Waals surface area contributed by atoms with Gasteiger partial charge in [-0.2, -0.15) is 0 Å². The number of rotatable bonds is 4. The maximum Gasteiger partial charge on any atom is 0.170 e. The summed E-state index contributed by atoms with van der Waals surface area (Å²) >= 11 is 0. The monoisotopic (exact) mass is 355 g/mol. The fourth-order valence-corrected chi connectivity index (χ4v) is 3.82. The Labute approximate surface area is 157 Å². The van der Waals surface area contributed by atoms with Gasteiger partial charge in [-0.1, -0.05) is 60.7 Å². The number of benzene rings is 2. The Kier molecular flexibility index (Phi) is 6.57. The minimum Gasteiger partial charge on any atom is -0.308 e. The van der Waals surface area contributed by atoms with Gasteiger partial charge in [-0.3, -0.25) is 4.79 Å². The second-order valence-corrected chi connectivity index (χ2v) is 6.95. The number of Topliss-reactive ketones (excluding diaryl/α,β-unsaturated/α-hetero) is 1. The van der Waals surface area contributed by atoms with Crippen molar-refractivity contribution in [2.45, 2.75) is 24.7 Å². The summed E-state index contributed by atoms with van der Waals surface area (Å²) in [5.74, 6) is 0.289. The minimum atomic E-state index is -0.427. The van der Waals surface area contributed by atoms with E-state index in [1.54, 1.807) is 0 Å². The van der Waals surface area contributed by atoms with E-state index in [0.717, 1.165) is 42.5 Å². The molecule has 1 unspecified atom stereocenters. The summed E-state index contributed by atoms with van der Waals surface area (Å²) in [5.41, 5.74) is 2.78. The molecule has 0 spiro atoms. The summed E-state index contributed by atoms with van der Waals surface area (Å²) in [6.45, 7) is 0.752. The zero-order valence-electron chi connectivity index (χ0n) is 14.9. The maximum atomic E-state index is 13.5. The highest BCUT2D eigenvalue weighted by Crippen LogP contribution is 2.40. The number of carbonyl (C=O) groups is 1. The normalized spacial score (nSPS) is 22.0. The molecule has 2 nitrogen and oxygen atoms in total. The molecule has 0 aromatic heterocycles. The van der Waals surface area contributed by atoms with Crippen LogP contribution in [0.25, 0.3) is 6.08 Å². The third kappa shape index (κ3) is 4.20. The third-order valence-electron chi connectivity index (χ3n) is 4.83. The predicted molar refractivity (Wildman–Crippen MR) is 107 cm³/mol. The molecule has 0 amide bonds. The lowest BCUT2D eigenvalue weighted by Gasteiger charge is -2.39. The molecule has 3 heteroatoms. The average molecular weight is 356 g/mol. The largest absolute Gasteiger partial charge is 0.308 e.